The van der Waals surface area contributed by atoms with Crippen molar-refractivity contribution in [3.8, 4) is 68.6 Å². The Balaban J connectivity index is 0.000000140. The van der Waals surface area contributed by atoms with Crippen molar-refractivity contribution in [2.24, 2.45) is 0 Å². The predicted octanol–water partition coefficient (Wildman–Crippen LogP) is 13.6. The summed E-state index contributed by atoms with van der Waals surface area (Å²) in [5.74, 6) is 2.91. The van der Waals surface area contributed by atoms with Gasteiger partial charge in [-0.15, -0.1) is 20.4 Å². The molecule has 7 aromatic heterocycles. The first kappa shape index (κ1) is 42.0. The van der Waals surface area contributed by atoms with Gasteiger partial charge in [0.2, 0.25) is 0 Å². The highest BCUT2D eigenvalue weighted by Gasteiger charge is 2.21. The molecule has 11 heteroatoms. The van der Waals surface area contributed by atoms with E-state index < -0.39 is 0 Å². The molecule has 0 N–H and O–H groups in total. The maximum atomic E-state index is 4.60. The van der Waals surface area contributed by atoms with E-state index in [1.807, 2.05) is 71.3 Å². The Kier molecular flexibility index (Phi) is 10.5. The fraction of sp³-hybridized carbons (Fsp3) is 0. The van der Waals surface area contributed by atoms with E-state index in [2.05, 4.69) is 207 Å². The molecule has 340 valence electrons. The Morgan fingerprint density at radius 1 is 0.236 bits per heavy atom. The lowest BCUT2D eigenvalue weighted by molar-refractivity contribution is 1.05. The van der Waals surface area contributed by atoms with Crippen LogP contribution in [0.2, 0.25) is 0 Å². The van der Waals surface area contributed by atoms with Gasteiger partial charge in [-0.3, -0.25) is 24.1 Å². The van der Waals surface area contributed by atoms with Crippen LogP contribution in [0, 0.1) is 0 Å². The lowest BCUT2D eigenvalue weighted by atomic mass is 10.1. The monoisotopic (exact) mass is 927 g/mol. The molecule has 0 saturated carbocycles. The summed E-state index contributed by atoms with van der Waals surface area (Å²) in [4.78, 5) is 13.2. The van der Waals surface area contributed by atoms with Gasteiger partial charge < -0.3 is 9.13 Å². The molecule has 7 aromatic carbocycles. The molecular formula is C61H41N11. The van der Waals surface area contributed by atoms with Gasteiger partial charge in [-0.1, -0.05) is 103 Å². The van der Waals surface area contributed by atoms with Gasteiger partial charge in [0, 0.05) is 74.5 Å². The molecule has 0 saturated heterocycles. The van der Waals surface area contributed by atoms with Crippen molar-refractivity contribution in [3.63, 3.8) is 0 Å². The van der Waals surface area contributed by atoms with Crippen LogP contribution in [-0.4, -0.2) is 53.6 Å². The van der Waals surface area contributed by atoms with Gasteiger partial charge in [-0.2, -0.15) is 0 Å². The van der Waals surface area contributed by atoms with Crippen LogP contribution in [0.4, 0.5) is 0 Å². The van der Waals surface area contributed by atoms with Gasteiger partial charge in [0.05, 0.1) is 27.8 Å². The van der Waals surface area contributed by atoms with Crippen molar-refractivity contribution in [1.29, 1.82) is 0 Å². The van der Waals surface area contributed by atoms with E-state index in [1.165, 1.54) is 43.6 Å². The zero-order valence-electron chi connectivity index (χ0n) is 38.6. The molecule has 0 unspecified atom stereocenters. The van der Waals surface area contributed by atoms with Gasteiger partial charge in [0.25, 0.3) is 0 Å². The van der Waals surface area contributed by atoms with Crippen molar-refractivity contribution in [2.45, 2.75) is 0 Å². The normalized spacial score (nSPS) is 11.3. The van der Waals surface area contributed by atoms with E-state index in [9.17, 15) is 0 Å². The van der Waals surface area contributed by atoms with E-state index in [1.54, 1.807) is 24.8 Å². The van der Waals surface area contributed by atoms with Crippen LogP contribution < -0.4 is 0 Å². The minimum Gasteiger partial charge on any atom is -0.309 e. The fourth-order valence-electron chi connectivity index (χ4n) is 9.74. The lowest BCUT2D eigenvalue weighted by Crippen LogP contribution is -2.01. The van der Waals surface area contributed by atoms with Gasteiger partial charge in [-0.25, -0.2) is 0 Å². The summed E-state index contributed by atoms with van der Waals surface area (Å²) >= 11 is 0. The van der Waals surface area contributed by atoms with E-state index in [0.717, 1.165) is 56.9 Å². The first-order valence-corrected chi connectivity index (χ1v) is 23.6. The zero-order valence-corrected chi connectivity index (χ0v) is 38.6. The second-order valence-corrected chi connectivity index (χ2v) is 17.2. The highest BCUT2D eigenvalue weighted by molar-refractivity contribution is 6.10. The minimum atomic E-state index is 0.684. The van der Waals surface area contributed by atoms with E-state index in [4.69, 9.17) is 0 Å². The molecule has 0 amide bonds. The van der Waals surface area contributed by atoms with Crippen molar-refractivity contribution in [1.82, 2.24) is 53.6 Å². The summed E-state index contributed by atoms with van der Waals surface area (Å²) in [5, 5.41) is 23.2. The van der Waals surface area contributed by atoms with Gasteiger partial charge >= 0.3 is 0 Å². The van der Waals surface area contributed by atoms with Crippen LogP contribution in [-0.2, 0) is 0 Å². The number of hydrogen-bond donors (Lipinski definition) is 0. The Morgan fingerprint density at radius 3 is 0.958 bits per heavy atom. The van der Waals surface area contributed by atoms with Crippen LogP contribution in [0.15, 0.2) is 249 Å². The molecule has 0 aliphatic heterocycles. The number of aromatic nitrogens is 11. The standard InChI is InChI=1S/C31H21N5.C30H20N6/c1-2-10-23(11-3-1)36-30(33-34-31(36)27-14-8-9-21-32-27)22-17-19-24(20-18-22)35-28-15-6-4-12-25(28)26-13-5-7-16-29(26)35;1-3-10-27-24(7-1)25-8-2-4-11-28(25)35(27)22-14-12-21(13-15-22)29-33-34-30(26-9-5-6-18-32-26)36(29)23-16-19-31-20-17-23/h1-21H;1-20H. The SMILES string of the molecule is c1ccc(-c2nnc(-c3ccc(-n4c5ccccc5c5ccccc54)cc3)n2-c2ccncc2)nc1.c1ccc(-n2c(-c3ccc(-n4c5ccccc5c5ccccc54)cc3)nnc2-c2ccccn2)cc1. The molecule has 14 aromatic rings. The molecular weight excluding hydrogens is 887 g/mol. The number of pyridine rings is 3. The second kappa shape index (κ2) is 18.1. The Bertz CT molecular complexity index is 3800. The molecule has 14 rings (SSSR count). The number of nitrogens with zero attached hydrogens (tertiary/aromatic N) is 11. The quantitative estimate of drug-likeness (QED) is 0.149. The Hall–Kier alpha value is -10.1. The highest BCUT2D eigenvalue weighted by Crippen LogP contribution is 2.36. The van der Waals surface area contributed by atoms with Crippen molar-refractivity contribution in [3.05, 3.63) is 249 Å². The number of benzene rings is 7. The number of para-hydroxylation sites is 5. The molecule has 7 heterocycles. The second-order valence-electron chi connectivity index (χ2n) is 17.2. The molecule has 0 spiro atoms. The average Bonchev–Trinajstić information content (AvgIpc) is 4.26. The smallest absolute Gasteiger partial charge is 0.187 e. The summed E-state index contributed by atoms with van der Waals surface area (Å²) in [6.07, 6.45) is 7.08. The van der Waals surface area contributed by atoms with E-state index in [-0.39, 0.29) is 0 Å². The molecule has 0 aliphatic carbocycles. The minimum absolute atomic E-state index is 0.684. The number of fused-ring (bicyclic) bond motifs is 6. The summed E-state index contributed by atoms with van der Waals surface area (Å²) in [5.41, 5.74) is 12.4. The topological polar surface area (TPSA) is 110 Å². The lowest BCUT2D eigenvalue weighted by Gasteiger charge is -2.12. The first-order valence-electron chi connectivity index (χ1n) is 23.6. The van der Waals surface area contributed by atoms with E-state index in [0.29, 0.717) is 11.6 Å². The summed E-state index contributed by atoms with van der Waals surface area (Å²) < 4.78 is 8.72. The van der Waals surface area contributed by atoms with Gasteiger partial charge in [0.15, 0.2) is 23.3 Å². The van der Waals surface area contributed by atoms with Gasteiger partial charge in [-0.05, 0) is 121 Å². The third-order valence-corrected chi connectivity index (χ3v) is 13.0. The van der Waals surface area contributed by atoms with Crippen LogP contribution in [0.1, 0.15) is 0 Å². The summed E-state index contributed by atoms with van der Waals surface area (Å²) in [6, 6.07) is 76.8. The third-order valence-electron chi connectivity index (χ3n) is 13.0. The summed E-state index contributed by atoms with van der Waals surface area (Å²) in [6.45, 7) is 0. The molecule has 0 radical (unpaired) electrons. The molecule has 0 fully saturated rings. The maximum Gasteiger partial charge on any atom is 0.187 e. The molecule has 72 heavy (non-hydrogen) atoms. The van der Waals surface area contributed by atoms with Crippen LogP contribution in [0.25, 0.3) is 112 Å². The number of rotatable bonds is 8. The molecule has 0 aliphatic rings. The predicted molar refractivity (Wildman–Crippen MR) is 287 cm³/mol. The van der Waals surface area contributed by atoms with E-state index >= 15 is 0 Å². The maximum absolute atomic E-state index is 4.60. The molecule has 11 nitrogen and oxygen atoms in total. The third kappa shape index (κ3) is 7.36. The van der Waals surface area contributed by atoms with Crippen LogP contribution in [0.5, 0.6) is 0 Å². The van der Waals surface area contributed by atoms with Crippen LogP contribution >= 0.6 is 0 Å². The largest absolute Gasteiger partial charge is 0.309 e. The zero-order chi connectivity index (χ0) is 47.8. The summed E-state index contributed by atoms with van der Waals surface area (Å²) in [7, 11) is 0. The number of hydrogen-bond acceptors (Lipinski definition) is 7. The first-order chi connectivity index (χ1) is 35.8. The van der Waals surface area contributed by atoms with Crippen LogP contribution in [0.3, 0.4) is 0 Å². The highest BCUT2D eigenvalue weighted by atomic mass is 15.3. The van der Waals surface area contributed by atoms with Gasteiger partial charge in [0.1, 0.15) is 11.4 Å². The van der Waals surface area contributed by atoms with Crippen molar-refractivity contribution in [2.75, 3.05) is 0 Å². The van der Waals surface area contributed by atoms with Crippen molar-refractivity contribution >= 4 is 43.6 Å². The average molecular weight is 928 g/mol. The molecule has 0 bridgehead atoms. The fourth-order valence-corrected chi connectivity index (χ4v) is 9.74. The molecule has 0 atom stereocenters. The van der Waals surface area contributed by atoms with Crippen molar-refractivity contribution < 1.29 is 0 Å². The Labute approximate surface area is 413 Å². The Morgan fingerprint density at radius 2 is 0.569 bits per heavy atom.